The fourth-order valence-electron chi connectivity index (χ4n) is 3.30. The maximum Gasteiger partial charge on any atom is 0.251 e. The van der Waals surface area contributed by atoms with Crippen LogP contribution in [0.15, 0.2) is 42.5 Å². The second-order valence-corrected chi connectivity index (χ2v) is 7.00. The van der Waals surface area contributed by atoms with Gasteiger partial charge in [-0.3, -0.25) is 9.59 Å². The van der Waals surface area contributed by atoms with E-state index in [0.29, 0.717) is 11.8 Å². The van der Waals surface area contributed by atoms with E-state index in [2.05, 4.69) is 16.0 Å². The van der Waals surface area contributed by atoms with Crippen molar-refractivity contribution in [3.05, 3.63) is 59.7 Å². The smallest absolute Gasteiger partial charge is 0.251 e. The molecule has 5 nitrogen and oxygen atoms in total. The summed E-state index contributed by atoms with van der Waals surface area (Å²) < 4.78 is 26.3. The number of rotatable bonds is 7. The topological polar surface area (TPSA) is 70.2 Å². The molecule has 1 aliphatic carbocycles. The van der Waals surface area contributed by atoms with Crippen molar-refractivity contribution in [1.82, 2.24) is 5.32 Å². The Bertz CT molecular complexity index is 814. The van der Waals surface area contributed by atoms with Crippen LogP contribution >= 0.6 is 0 Å². The highest BCUT2D eigenvalue weighted by atomic mass is 19.1. The molecular formula is C21H23F2N3O2. The summed E-state index contributed by atoms with van der Waals surface area (Å²) in [7, 11) is 0. The SMILES string of the molecule is O=C(CNC(=O)c1cc(F)cc(F)c1)Nc1ccc(NCC2CCCC2)cc1. The van der Waals surface area contributed by atoms with Crippen LogP contribution in [0.5, 0.6) is 0 Å². The Morgan fingerprint density at radius 3 is 2.18 bits per heavy atom. The quantitative estimate of drug-likeness (QED) is 0.674. The zero-order chi connectivity index (χ0) is 19.9. The predicted octanol–water partition coefficient (Wildman–Crippen LogP) is 3.94. The molecule has 2 amide bonds. The highest BCUT2D eigenvalue weighted by Crippen LogP contribution is 2.25. The third-order valence-electron chi connectivity index (χ3n) is 4.77. The lowest BCUT2D eigenvalue weighted by molar-refractivity contribution is -0.115. The Labute approximate surface area is 162 Å². The first kappa shape index (κ1) is 19.8. The minimum absolute atomic E-state index is 0.178. The van der Waals surface area contributed by atoms with Gasteiger partial charge in [0.1, 0.15) is 11.6 Å². The Kier molecular flexibility index (Phi) is 6.57. The third-order valence-corrected chi connectivity index (χ3v) is 4.77. The summed E-state index contributed by atoms with van der Waals surface area (Å²) in [5.41, 5.74) is 1.41. The molecule has 0 aliphatic heterocycles. The molecule has 2 aromatic rings. The Hall–Kier alpha value is -2.96. The van der Waals surface area contributed by atoms with E-state index in [1.807, 2.05) is 12.1 Å². The van der Waals surface area contributed by atoms with Crippen LogP contribution in [0.2, 0.25) is 0 Å². The molecule has 0 atom stereocenters. The summed E-state index contributed by atoms with van der Waals surface area (Å²) in [6.07, 6.45) is 5.16. The molecule has 148 valence electrons. The van der Waals surface area contributed by atoms with Gasteiger partial charge >= 0.3 is 0 Å². The maximum absolute atomic E-state index is 13.1. The fourth-order valence-corrected chi connectivity index (χ4v) is 3.30. The van der Waals surface area contributed by atoms with Gasteiger partial charge in [-0.05, 0) is 55.2 Å². The van der Waals surface area contributed by atoms with Gasteiger partial charge in [0.25, 0.3) is 5.91 Å². The van der Waals surface area contributed by atoms with Gasteiger partial charge in [-0.1, -0.05) is 12.8 Å². The average molecular weight is 387 g/mol. The molecule has 0 heterocycles. The van der Waals surface area contributed by atoms with Gasteiger partial charge in [0, 0.05) is 29.5 Å². The van der Waals surface area contributed by atoms with Crippen LogP contribution in [0.4, 0.5) is 20.2 Å². The van der Waals surface area contributed by atoms with Crippen molar-refractivity contribution >= 4 is 23.2 Å². The number of amides is 2. The van der Waals surface area contributed by atoms with Gasteiger partial charge in [0.2, 0.25) is 5.91 Å². The van der Waals surface area contributed by atoms with Crippen molar-refractivity contribution in [2.75, 3.05) is 23.7 Å². The monoisotopic (exact) mass is 387 g/mol. The molecule has 1 aliphatic rings. The number of hydrogen-bond donors (Lipinski definition) is 3. The second kappa shape index (κ2) is 9.30. The number of benzene rings is 2. The first-order valence-electron chi connectivity index (χ1n) is 9.38. The minimum atomic E-state index is -0.851. The molecule has 0 spiro atoms. The van der Waals surface area contributed by atoms with Crippen LogP contribution in [0.25, 0.3) is 0 Å². The summed E-state index contributed by atoms with van der Waals surface area (Å²) in [4.78, 5) is 23.9. The molecule has 0 aromatic heterocycles. The van der Waals surface area contributed by atoms with E-state index in [0.717, 1.165) is 30.3 Å². The number of carbonyl (C=O) groups is 2. The van der Waals surface area contributed by atoms with E-state index in [4.69, 9.17) is 0 Å². The largest absolute Gasteiger partial charge is 0.385 e. The first-order valence-corrected chi connectivity index (χ1v) is 9.38. The van der Waals surface area contributed by atoms with Gasteiger partial charge in [0.15, 0.2) is 0 Å². The van der Waals surface area contributed by atoms with Gasteiger partial charge < -0.3 is 16.0 Å². The number of hydrogen-bond acceptors (Lipinski definition) is 3. The van der Waals surface area contributed by atoms with Crippen LogP contribution in [0.1, 0.15) is 36.0 Å². The summed E-state index contributed by atoms with van der Waals surface area (Å²) in [5, 5.41) is 8.41. The predicted molar refractivity (Wildman–Crippen MR) is 104 cm³/mol. The van der Waals surface area contributed by atoms with Crippen molar-refractivity contribution in [1.29, 1.82) is 0 Å². The molecule has 3 rings (SSSR count). The summed E-state index contributed by atoms with van der Waals surface area (Å²) in [6.45, 7) is 0.650. The molecule has 28 heavy (non-hydrogen) atoms. The molecular weight excluding hydrogens is 364 g/mol. The molecule has 0 radical (unpaired) electrons. The lowest BCUT2D eigenvalue weighted by Gasteiger charge is -2.12. The second-order valence-electron chi connectivity index (χ2n) is 7.00. The lowest BCUT2D eigenvalue weighted by Crippen LogP contribution is -2.32. The highest BCUT2D eigenvalue weighted by Gasteiger charge is 2.14. The number of halogens is 2. The van der Waals surface area contributed by atoms with Crippen LogP contribution in [0, 0.1) is 17.6 Å². The van der Waals surface area contributed by atoms with Gasteiger partial charge in [-0.2, -0.15) is 0 Å². The summed E-state index contributed by atoms with van der Waals surface area (Å²) in [5.74, 6) is -2.13. The van der Waals surface area contributed by atoms with Crippen LogP contribution in [-0.2, 0) is 4.79 Å². The summed E-state index contributed by atoms with van der Waals surface area (Å²) in [6, 6.07) is 9.83. The Balaban J connectivity index is 1.44. The molecule has 0 saturated heterocycles. The Morgan fingerprint density at radius 1 is 0.929 bits per heavy atom. The van der Waals surface area contributed by atoms with E-state index in [-0.39, 0.29) is 12.1 Å². The first-order chi connectivity index (χ1) is 13.5. The fraction of sp³-hybridized carbons (Fsp3) is 0.333. The molecule has 0 unspecified atom stereocenters. The van der Waals surface area contributed by atoms with Crippen molar-refractivity contribution in [2.45, 2.75) is 25.7 Å². The third kappa shape index (κ3) is 5.77. The van der Waals surface area contributed by atoms with E-state index < -0.39 is 23.4 Å². The van der Waals surface area contributed by atoms with Gasteiger partial charge in [-0.15, -0.1) is 0 Å². The lowest BCUT2D eigenvalue weighted by atomic mass is 10.1. The zero-order valence-electron chi connectivity index (χ0n) is 15.4. The average Bonchev–Trinajstić information content (AvgIpc) is 3.18. The maximum atomic E-state index is 13.1. The molecule has 0 bridgehead atoms. The van der Waals surface area contributed by atoms with Crippen molar-refractivity contribution in [3.8, 4) is 0 Å². The van der Waals surface area contributed by atoms with Crippen LogP contribution in [0.3, 0.4) is 0 Å². The Morgan fingerprint density at radius 2 is 1.54 bits per heavy atom. The van der Waals surface area contributed by atoms with Crippen LogP contribution < -0.4 is 16.0 Å². The number of nitrogens with one attached hydrogen (secondary N) is 3. The molecule has 3 N–H and O–H groups in total. The zero-order valence-corrected chi connectivity index (χ0v) is 15.4. The molecule has 1 saturated carbocycles. The number of carbonyl (C=O) groups excluding carboxylic acids is 2. The van der Waals surface area contributed by atoms with E-state index >= 15 is 0 Å². The van der Waals surface area contributed by atoms with Gasteiger partial charge in [-0.25, -0.2) is 8.78 Å². The highest BCUT2D eigenvalue weighted by molar-refractivity contribution is 5.99. The summed E-state index contributed by atoms with van der Waals surface area (Å²) >= 11 is 0. The van der Waals surface area contributed by atoms with Crippen LogP contribution in [-0.4, -0.2) is 24.9 Å². The van der Waals surface area contributed by atoms with E-state index in [1.165, 1.54) is 25.7 Å². The molecule has 1 fully saturated rings. The normalized spacial score (nSPS) is 13.9. The molecule has 7 heteroatoms. The van der Waals surface area contributed by atoms with Gasteiger partial charge in [0.05, 0.1) is 6.54 Å². The van der Waals surface area contributed by atoms with E-state index in [1.54, 1.807) is 12.1 Å². The number of anilines is 2. The van der Waals surface area contributed by atoms with E-state index in [9.17, 15) is 18.4 Å². The standard InChI is InChI=1S/C21H23F2N3O2/c22-16-9-15(10-17(23)11-16)21(28)25-13-20(27)26-19-7-5-18(6-8-19)24-12-14-3-1-2-4-14/h5-11,14,24H,1-4,12-13H2,(H,25,28)(H,26,27). The molecule has 2 aromatic carbocycles. The minimum Gasteiger partial charge on any atom is -0.385 e. The van der Waals surface area contributed by atoms with Crippen molar-refractivity contribution in [2.24, 2.45) is 5.92 Å². The van der Waals surface area contributed by atoms with Crippen molar-refractivity contribution in [3.63, 3.8) is 0 Å². The van der Waals surface area contributed by atoms with Crippen molar-refractivity contribution < 1.29 is 18.4 Å².